The average Bonchev–Trinajstić information content (AvgIpc) is 2.51. The molecule has 1 N–H and O–H groups in total. The maximum Gasteiger partial charge on any atom is 0.162 e. The van der Waals surface area contributed by atoms with Crippen molar-refractivity contribution in [1.82, 2.24) is 0 Å². The molecule has 3 rings (SSSR count). The van der Waals surface area contributed by atoms with Crippen LogP contribution in [0.3, 0.4) is 0 Å². The summed E-state index contributed by atoms with van der Waals surface area (Å²) in [6, 6.07) is 18.9. The van der Waals surface area contributed by atoms with Gasteiger partial charge in [-0.15, -0.1) is 0 Å². The molecule has 2 aromatic carbocycles. The van der Waals surface area contributed by atoms with Crippen LogP contribution in [0.1, 0.15) is 13.8 Å². The van der Waals surface area contributed by atoms with Gasteiger partial charge in [0, 0.05) is 11.3 Å². The standard InChI is InChI=1S/C18H21NO2/c1-18(2)20-12-15(13-21-18)19-17-11-7-6-10-16(17)14-8-4-3-5-9-14/h3-11,15,19H,12-13H2,1-2H3. The largest absolute Gasteiger partial charge is 0.377 e. The minimum absolute atomic E-state index is 0.169. The predicted molar refractivity (Wildman–Crippen MR) is 85.3 cm³/mol. The van der Waals surface area contributed by atoms with Crippen molar-refractivity contribution in [2.75, 3.05) is 18.5 Å². The van der Waals surface area contributed by atoms with Crippen molar-refractivity contribution in [1.29, 1.82) is 0 Å². The Morgan fingerprint density at radius 2 is 1.52 bits per heavy atom. The molecule has 0 unspecified atom stereocenters. The number of nitrogens with one attached hydrogen (secondary N) is 1. The van der Waals surface area contributed by atoms with Crippen molar-refractivity contribution in [3.8, 4) is 11.1 Å². The van der Waals surface area contributed by atoms with Gasteiger partial charge in [-0.1, -0.05) is 48.5 Å². The predicted octanol–water partition coefficient (Wildman–Crippen LogP) is 3.92. The van der Waals surface area contributed by atoms with Crippen LogP contribution in [0.2, 0.25) is 0 Å². The zero-order chi connectivity index (χ0) is 14.7. The molecule has 21 heavy (non-hydrogen) atoms. The summed E-state index contributed by atoms with van der Waals surface area (Å²) in [7, 11) is 0. The van der Waals surface area contributed by atoms with Crippen LogP contribution >= 0.6 is 0 Å². The van der Waals surface area contributed by atoms with Gasteiger partial charge in [-0.3, -0.25) is 0 Å². The third kappa shape index (κ3) is 3.43. The SMILES string of the molecule is CC1(C)OCC(Nc2ccccc2-c2ccccc2)CO1. The Labute approximate surface area is 125 Å². The second-order valence-corrected chi connectivity index (χ2v) is 5.77. The number of benzene rings is 2. The van der Waals surface area contributed by atoms with E-state index in [1.54, 1.807) is 0 Å². The van der Waals surface area contributed by atoms with E-state index in [-0.39, 0.29) is 6.04 Å². The van der Waals surface area contributed by atoms with Gasteiger partial charge in [0.25, 0.3) is 0 Å². The highest BCUT2D eigenvalue weighted by atomic mass is 16.7. The van der Waals surface area contributed by atoms with Crippen LogP contribution in [0.15, 0.2) is 54.6 Å². The Hall–Kier alpha value is -1.84. The van der Waals surface area contributed by atoms with Gasteiger partial charge in [0.15, 0.2) is 5.79 Å². The van der Waals surface area contributed by atoms with Gasteiger partial charge in [-0.2, -0.15) is 0 Å². The Kier molecular flexibility index (Phi) is 3.95. The smallest absolute Gasteiger partial charge is 0.162 e. The zero-order valence-electron chi connectivity index (χ0n) is 12.5. The van der Waals surface area contributed by atoms with E-state index in [2.05, 4.69) is 47.8 Å². The van der Waals surface area contributed by atoms with Crippen molar-refractivity contribution in [3.05, 3.63) is 54.6 Å². The highest BCUT2D eigenvalue weighted by Crippen LogP contribution is 2.29. The second-order valence-electron chi connectivity index (χ2n) is 5.77. The van der Waals surface area contributed by atoms with E-state index in [1.807, 2.05) is 26.0 Å². The molecule has 1 aliphatic heterocycles. The van der Waals surface area contributed by atoms with Crippen molar-refractivity contribution >= 4 is 5.69 Å². The van der Waals surface area contributed by atoms with Gasteiger partial charge >= 0.3 is 0 Å². The van der Waals surface area contributed by atoms with E-state index in [4.69, 9.17) is 9.47 Å². The maximum atomic E-state index is 5.71. The van der Waals surface area contributed by atoms with Gasteiger partial charge in [-0.25, -0.2) is 0 Å². The average molecular weight is 283 g/mol. The lowest BCUT2D eigenvalue weighted by Gasteiger charge is -2.35. The molecule has 0 aromatic heterocycles. The minimum atomic E-state index is -0.475. The molecule has 1 saturated heterocycles. The fourth-order valence-electron chi connectivity index (χ4n) is 2.47. The summed E-state index contributed by atoms with van der Waals surface area (Å²) < 4.78 is 11.4. The number of anilines is 1. The first-order valence-corrected chi connectivity index (χ1v) is 7.33. The number of para-hydroxylation sites is 1. The summed E-state index contributed by atoms with van der Waals surface area (Å²) in [6.45, 7) is 5.19. The molecule has 3 heteroatoms. The molecule has 2 aromatic rings. The highest BCUT2D eigenvalue weighted by molar-refractivity contribution is 5.77. The molecule has 1 aliphatic rings. The summed E-state index contributed by atoms with van der Waals surface area (Å²) in [5.74, 6) is -0.475. The number of hydrogen-bond acceptors (Lipinski definition) is 3. The van der Waals surface area contributed by atoms with Crippen LogP contribution in [-0.2, 0) is 9.47 Å². The van der Waals surface area contributed by atoms with E-state index < -0.39 is 5.79 Å². The van der Waals surface area contributed by atoms with Crippen LogP contribution in [0.4, 0.5) is 5.69 Å². The van der Waals surface area contributed by atoms with Gasteiger partial charge in [-0.05, 0) is 25.5 Å². The Balaban J connectivity index is 1.78. The van der Waals surface area contributed by atoms with E-state index in [1.165, 1.54) is 11.1 Å². The van der Waals surface area contributed by atoms with Crippen LogP contribution < -0.4 is 5.32 Å². The fourth-order valence-corrected chi connectivity index (χ4v) is 2.47. The molecule has 0 spiro atoms. The lowest BCUT2D eigenvalue weighted by molar-refractivity contribution is -0.247. The van der Waals surface area contributed by atoms with Crippen molar-refractivity contribution in [2.24, 2.45) is 0 Å². The van der Waals surface area contributed by atoms with Crippen LogP contribution in [0.25, 0.3) is 11.1 Å². The molecular formula is C18H21NO2. The lowest BCUT2D eigenvalue weighted by Crippen LogP contribution is -2.45. The van der Waals surface area contributed by atoms with Gasteiger partial charge in [0.2, 0.25) is 0 Å². The molecule has 0 bridgehead atoms. The van der Waals surface area contributed by atoms with E-state index in [0.29, 0.717) is 13.2 Å². The van der Waals surface area contributed by atoms with Crippen LogP contribution in [0, 0.1) is 0 Å². The summed E-state index contributed by atoms with van der Waals surface area (Å²) in [4.78, 5) is 0. The molecule has 1 heterocycles. The summed E-state index contributed by atoms with van der Waals surface area (Å²) >= 11 is 0. The first-order valence-electron chi connectivity index (χ1n) is 7.33. The van der Waals surface area contributed by atoms with Gasteiger partial charge in [0.1, 0.15) is 0 Å². The molecule has 0 atom stereocenters. The summed E-state index contributed by atoms with van der Waals surface area (Å²) in [5, 5.41) is 3.54. The first kappa shape index (κ1) is 14.1. The molecule has 110 valence electrons. The second kappa shape index (κ2) is 5.88. The van der Waals surface area contributed by atoms with Gasteiger partial charge in [0.05, 0.1) is 19.3 Å². The van der Waals surface area contributed by atoms with Crippen molar-refractivity contribution in [3.63, 3.8) is 0 Å². The summed E-state index contributed by atoms with van der Waals surface area (Å²) in [5.41, 5.74) is 3.52. The van der Waals surface area contributed by atoms with E-state index in [9.17, 15) is 0 Å². The normalized spacial score (nSPS) is 18.4. The maximum absolute atomic E-state index is 5.71. The molecule has 1 fully saturated rings. The zero-order valence-corrected chi connectivity index (χ0v) is 12.5. The third-order valence-corrected chi connectivity index (χ3v) is 3.64. The third-order valence-electron chi connectivity index (χ3n) is 3.64. The van der Waals surface area contributed by atoms with Crippen LogP contribution in [-0.4, -0.2) is 25.0 Å². The Morgan fingerprint density at radius 3 is 2.24 bits per heavy atom. The summed E-state index contributed by atoms with van der Waals surface area (Å²) in [6.07, 6.45) is 0. The Bertz CT molecular complexity index is 585. The first-order chi connectivity index (χ1) is 10.1. The van der Waals surface area contributed by atoms with Crippen molar-refractivity contribution < 1.29 is 9.47 Å². The van der Waals surface area contributed by atoms with Crippen molar-refractivity contribution in [2.45, 2.75) is 25.7 Å². The number of hydrogen-bond donors (Lipinski definition) is 1. The lowest BCUT2D eigenvalue weighted by atomic mass is 10.0. The molecule has 3 nitrogen and oxygen atoms in total. The molecule has 0 amide bonds. The molecule has 0 aliphatic carbocycles. The van der Waals surface area contributed by atoms with Crippen LogP contribution in [0.5, 0.6) is 0 Å². The topological polar surface area (TPSA) is 30.5 Å². The fraction of sp³-hybridized carbons (Fsp3) is 0.333. The number of ether oxygens (including phenoxy) is 2. The highest BCUT2D eigenvalue weighted by Gasteiger charge is 2.28. The van der Waals surface area contributed by atoms with E-state index in [0.717, 1.165) is 5.69 Å². The monoisotopic (exact) mass is 283 g/mol. The molecule has 0 radical (unpaired) electrons. The molecule has 0 saturated carbocycles. The van der Waals surface area contributed by atoms with E-state index >= 15 is 0 Å². The minimum Gasteiger partial charge on any atom is -0.377 e. The Morgan fingerprint density at radius 1 is 0.905 bits per heavy atom. The molecular weight excluding hydrogens is 262 g/mol. The number of rotatable bonds is 3. The quantitative estimate of drug-likeness (QED) is 0.926. The van der Waals surface area contributed by atoms with Gasteiger partial charge < -0.3 is 14.8 Å².